The van der Waals surface area contributed by atoms with Crippen LogP contribution in [0.2, 0.25) is 0 Å². The zero-order valence-electron chi connectivity index (χ0n) is 39.6. The average Bonchev–Trinajstić information content (AvgIpc) is 3.26. The minimum absolute atomic E-state index is 0.125. The molecule has 0 aromatic carbocycles. The summed E-state index contributed by atoms with van der Waals surface area (Å²) < 4.78 is 54.2. The summed E-state index contributed by atoms with van der Waals surface area (Å²) in [4.78, 5) is 25.5. The van der Waals surface area contributed by atoms with E-state index in [-0.39, 0.29) is 19.4 Å². The number of hydrogen-bond acceptors (Lipinski definition) is 11. The number of rotatable bonds is 41. The third-order valence-corrected chi connectivity index (χ3v) is 11.8. The van der Waals surface area contributed by atoms with Crippen LogP contribution < -0.4 is 0 Å². The molecule has 2 unspecified atom stereocenters. The van der Waals surface area contributed by atoms with Crippen LogP contribution in [0, 0.1) is 0 Å². The van der Waals surface area contributed by atoms with Crippen molar-refractivity contribution in [1.82, 2.24) is 0 Å². The SMILES string of the molecule is CCCCC/C=C/C/C=C/C/C=C/C/C=C/CCCCCC(=O)O[C@H](COC(=O)CCCCCCCCCCC/C=C/CCCCCC)CO[C@H]1O[C@H](CS(=O)(=O)O)[C@@H](O)C(O)C1O. The van der Waals surface area contributed by atoms with E-state index in [1.54, 1.807) is 0 Å². The molecule has 4 N–H and O–H groups in total. The first-order valence-electron chi connectivity index (χ1n) is 24.8. The van der Waals surface area contributed by atoms with Gasteiger partial charge in [-0.1, -0.05) is 158 Å². The first-order chi connectivity index (χ1) is 31.0. The van der Waals surface area contributed by atoms with Gasteiger partial charge in [-0.25, -0.2) is 0 Å². The first-order valence-corrected chi connectivity index (χ1v) is 26.5. The molecule has 1 aliphatic heterocycles. The van der Waals surface area contributed by atoms with Gasteiger partial charge < -0.3 is 34.3 Å². The predicted octanol–water partition coefficient (Wildman–Crippen LogP) is 10.9. The van der Waals surface area contributed by atoms with Crippen molar-refractivity contribution < 1.29 is 56.8 Å². The minimum atomic E-state index is -4.61. The van der Waals surface area contributed by atoms with Gasteiger partial charge in [-0.05, 0) is 83.5 Å². The molecular weight excluding hydrogens is 837 g/mol. The van der Waals surface area contributed by atoms with Crippen LogP contribution in [0.4, 0.5) is 0 Å². The van der Waals surface area contributed by atoms with E-state index in [2.05, 4.69) is 74.6 Å². The summed E-state index contributed by atoms with van der Waals surface area (Å²) in [7, 11) is -4.61. The van der Waals surface area contributed by atoms with E-state index in [1.165, 1.54) is 89.9 Å². The van der Waals surface area contributed by atoms with Gasteiger partial charge in [0.1, 0.15) is 36.8 Å². The number of unbranched alkanes of at least 4 members (excludes halogenated alkanes) is 19. The second-order valence-corrected chi connectivity index (χ2v) is 18.6. The van der Waals surface area contributed by atoms with Gasteiger partial charge >= 0.3 is 11.9 Å². The Hall–Kier alpha value is -2.65. The van der Waals surface area contributed by atoms with Crippen molar-refractivity contribution in [2.75, 3.05) is 19.0 Å². The van der Waals surface area contributed by atoms with Crippen LogP contribution in [-0.4, -0.2) is 96.0 Å². The highest BCUT2D eigenvalue weighted by molar-refractivity contribution is 7.85. The highest BCUT2D eigenvalue weighted by Gasteiger charge is 2.46. The van der Waals surface area contributed by atoms with Crippen LogP contribution in [0.25, 0.3) is 0 Å². The number of ether oxygens (including phenoxy) is 4. The molecule has 64 heavy (non-hydrogen) atoms. The number of carbonyl (C=O) groups is 2. The van der Waals surface area contributed by atoms with Crippen LogP contribution in [0.3, 0.4) is 0 Å². The molecule has 0 saturated carbocycles. The number of allylic oxidation sites excluding steroid dienone is 10. The van der Waals surface area contributed by atoms with Crippen molar-refractivity contribution in [3.63, 3.8) is 0 Å². The monoisotopic (exact) mass is 925 g/mol. The maximum atomic E-state index is 12.8. The Kier molecular flexibility index (Phi) is 37.7. The largest absolute Gasteiger partial charge is 0.462 e. The Morgan fingerprint density at radius 3 is 1.45 bits per heavy atom. The molecule has 1 heterocycles. The summed E-state index contributed by atoms with van der Waals surface area (Å²) in [5.41, 5.74) is 0. The highest BCUT2D eigenvalue weighted by Crippen LogP contribution is 2.24. The molecule has 1 aliphatic rings. The van der Waals surface area contributed by atoms with Gasteiger partial charge in [-0.15, -0.1) is 0 Å². The quantitative estimate of drug-likeness (QED) is 0.0197. The second kappa shape index (κ2) is 40.6. The van der Waals surface area contributed by atoms with Crippen molar-refractivity contribution in [2.45, 2.75) is 230 Å². The zero-order chi connectivity index (χ0) is 46.9. The van der Waals surface area contributed by atoms with Crippen molar-refractivity contribution in [1.29, 1.82) is 0 Å². The van der Waals surface area contributed by atoms with Crippen molar-refractivity contribution >= 4 is 22.1 Å². The molecule has 1 rings (SSSR count). The summed E-state index contributed by atoms with van der Waals surface area (Å²) >= 11 is 0. The molecule has 1 fully saturated rings. The Balaban J connectivity index is 2.43. The lowest BCUT2D eigenvalue weighted by atomic mass is 10.00. The molecule has 0 aromatic rings. The third-order valence-electron chi connectivity index (χ3n) is 11.1. The molecular formula is C51H88O12S. The number of carbonyl (C=O) groups excluding carboxylic acids is 2. The molecule has 370 valence electrons. The van der Waals surface area contributed by atoms with E-state index in [0.717, 1.165) is 64.2 Å². The zero-order valence-corrected chi connectivity index (χ0v) is 40.4. The fourth-order valence-corrected chi connectivity index (χ4v) is 7.87. The van der Waals surface area contributed by atoms with Crippen LogP contribution in [-0.2, 0) is 38.7 Å². The number of aliphatic hydroxyl groups is 3. The van der Waals surface area contributed by atoms with Crippen LogP contribution in [0.1, 0.15) is 194 Å². The topological polar surface area (TPSA) is 186 Å². The van der Waals surface area contributed by atoms with Crippen molar-refractivity contribution in [2.24, 2.45) is 0 Å². The molecule has 0 aromatic heterocycles. The summed E-state index contributed by atoms with van der Waals surface area (Å²) in [5, 5.41) is 30.9. The Bertz CT molecular complexity index is 1410. The van der Waals surface area contributed by atoms with Gasteiger partial charge in [0.15, 0.2) is 12.4 Å². The lowest BCUT2D eigenvalue weighted by Gasteiger charge is -2.40. The molecule has 13 heteroatoms. The lowest BCUT2D eigenvalue weighted by molar-refractivity contribution is -0.297. The van der Waals surface area contributed by atoms with E-state index < -0.39 is 71.2 Å². The van der Waals surface area contributed by atoms with Crippen molar-refractivity contribution in [3.05, 3.63) is 60.8 Å². The molecule has 0 amide bonds. The van der Waals surface area contributed by atoms with E-state index in [0.29, 0.717) is 12.8 Å². The fourth-order valence-electron chi connectivity index (χ4n) is 7.18. The van der Waals surface area contributed by atoms with Crippen molar-refractivity contribution in [3.8, 4) is 0 Å². The molecule has 1 saturated heterocycles. The Morgan fingerprint density at radius 2 is 0.938 bits per heavy atom. The summed E-state index contributed by atoms with van der Waals surface area (Å²) in [6, 6.07) is 0. The van der Waals surface area contributed by atoms with Gasteiger partial charge in [-0.2, -0.15) is 8.42 Å². The maximum absolute atomic E-state index is 12.8. The van der Waals surface area contributed by atoms with Gasteiger partial charge in [0.25, 0.3) is 10.1 Å². The first kappa shape index (κ1) is 59.4. The molecule has 0 bridgehead atoms. The van der Waals surface area contributed by atoms with E-state index in [1.807, 2.05) is 0 Å². The standard InChI is InChI=1S/C51H88O12S/c1-3-5-7-9-11-13-15-17-19-21-22-24-26-28-30-32-34-36-38-40-47(53)62-44(42-61-51-50(56)49(55)48(54)45(63-51)43-64(57,58)59)41-60-46(52)39-37-35-33-31-29-27-25-23-20-18-16-14-12-10-8-6-4-2/h11,13-14,16-17,19,22,24,28,30,44-45,48-51,54-56H,3-10,12,15,18,20-21,23,25-27,29,31-43H2,1-2H3,(H,57,58,59)/b13-11+,16-14+,19-17+,24-22+,30-28+/t44-,45-,48-,49?,50?,51+/m1/s1. The van der Waals surface area contributed by atoms with E-state index in [4.69, 9.17) is 18.9 Å². The van der Waals surface area contributed by atoms with Gasteiger partial charge in [-0.3, -0.25) is 14.1 Å². The summed E-state index contributed by atoms with van der Waals surface area (Å²) in [6.45, 7) is 3.70. The Labute approximate surface area is 387 Å². The van der Waals surface area contributed by atoms with Gasteiger partial charge in [0.2, 0.25) is 0 Å². The second-order valence-electron chi connectivity index (χ2n) is 17.1. The van der Waals surface area contributed by atoms with Gasteiger partial charge in [0.05, 0.1) is 6.61 Å². The smallest absolute Gasteiger partial charge is 0.306 e. The molecule has 0 spiro atoms. The van der Waals surface area contributed by atoms with Crippen LogP contribution >= 0.6 is 0 Å². The van der Waals surface area contributed by atoms with E-state index in [9.17, 15) is 37.9 Å². The molecule has 6 atom stereocenters. The van der Waals surface area contributed by atoms with Crippen LogP contribution in [0.5, 0.6) is 0 Å². The number of aliphatic hydroxyl groups excluding tert-OH is 3. The molecule has 0 aliphatic carbocycles. The summed E-state index contributed by atoms with van der Waals surface area (Å²) in [6.07, 6.45) is 41.1. The predicted molar refractivity (Wildman–Crippen MR) is 256 cm³/mol. The third kappa shape index (κ3) is 34.7. The molecule has 0 radical (unpaired) electrons. The van der Waals surface area contributed by atoms with E-state index >= 15 is 0 Å². The molecule has 12 nitrogen and oxygen atoms in total. The van der Waals surface area contributed by atoms with Crippen LogP contribution in [0.15, 0.2) is 60.8 Å². The number of esters is 2. The lowest BCUT2D eigenvalue weighted by Crippen LogP contribution is -2.60. The number of hydrogen-bond donors (Lipinski definition) is 4. The summed E-state index contributed by atoms with van der Waals surface area (Å²) in [5.74, 6) is -2.03. The normalized spacial score (nSPS) is 20.1. The highest BCUT2D eigenvalue weighted by atomic mass is 32.2. The fraction of sp³-hybridized carbons (Fsp3) is 0.765. The minimum Gasteiger partial charge on any atom is -0.462 e. The van der Waals surface area contributed by atoms with Gasteiger partial charge in [0, 0.05) is 12.8 Å². The Morgan fingerprint density at radius 1 is 0.531 bits per heavy atom. The maximum Gasteiger partial charge on any atom is 0.306 e. The average molecular weight is 925 g/mol.